The van der Waals surface area contributed by atoms with Gasteiger partial charge in [0.25, 0.3) is 0 Å². The lowest BCUT2D eigenvalue weighted by atomic mass is 9.97. The summed E-state index contributed by atoms with van der Waals surface area (Å²) in [6.07, 6.45) is 2.01. The van der Waals surface area contributed by atoms with Crippen LogP contribution in [-0.4, -0.2) is 118 Å². The lowest BCUT2D eigenvalue weighted by molar-refractivity contribution is -0.129. The fourth-order valence-electron chi connectivity index (χ4n) is 8.75. The molecule has 0 amide bonds. The molecule has 3 N–H and O–H groups in total. The van der Waals surface area contributed by atoms with E-state index in [0.717, 1.165) is 23.6 Å². The number of H-pyrrole nitrogens is 1. The number of sulfonamides is 2. The summed E-state index contributed by atoms with van der Waals surface area (Å²) in [6.45, 7) is 9.54. The first-order chi connectivity index (χ1) is 35.5. The monoisotopic (exact) mass is 1090 g/mol. The number of ether oxygens (including phenoxy) is 2. The minimum Gasteiger partial charge on any atom is -0.378 e. The highest BCUT2D eigenvalue weighted by Gasteiger charge is 2.33. The molecule has 9 rings (SSSR count). The van der Waals surface area contributed by atoms with Crippen LogP contribution in [0.2, 0.25) is 0 Å². The second-order valence-electron chi connectivity index (χ2n) is 17.9. The van der Waals surface area contributed by atoms with Gasteiger partial charge in [-0.25, -0.2) is 44.4 Å². The van der Waals surface area contributed by atoms with Gasteiger partial charge in [0.2, 0.25) is 25.8 Å². The third-order valence-electron chi connectivity index (χ3n) is 12.3. The van der Waals surface area contributed by atoms with E-state index < -0.39 is 95.7 Å². The summed E-state index contributed by atoms with van der Waals surface area (Å²) in [5, 5.41) is 0.236. The Labute approximate surface area is 426 Å². The molecule has 6 heterocycles. The Kier molecular flexibility index (Phi) is 16.0. The molecular formula is C50H49F7N8O8S2. The maximum absolute atomic E-state index is 15.3. The number of anilines is 4. The highest BCUT2D eigenvalue weighted by Crippen LogP contribution is 2.36. The van der Waals surface area contributed by atoms with Crippen LogP contribution < -0.4 is 19.2 Å². The van der Waals surface area contributed by atoms with Crippen LogP contribution in [0.1, 0.15) is 71.1 Å². The molecule has 6 aromatic rings. The average molecular weight is 1090 g/mol. The minimum absolute atomic E-state index is 0.0241. The van der Waals surface area contributed by atoms with Gasteiger partial charge in [-0.15, -0.1) is 0 Å². The van der Waals surface area contributed by atoms with Crippen molar-refractivity contribution in [3.05, 3.63) is 131 Å². The molecule has 1 aliphatic carbocycles. The van der Waals surface area contributed by atoms with Crippen LogP contribution >= 0.6 is 0 Å². The van der Waals surface area contributed by atoms with Crippen molar-refractivity contribution in [3.63, 3.8) is 0 Å². The molecule has 0 bridgehead atoms. The number of fused-ring (bicyclic) bond motifs is 2. The van der Waals surface area contributed by atoms with Crippen molar-refractivity contribution < 1.29 is 66.6 Å². The van der Waals surface area contributed by atoms with Gasteiger partial charge in [0, 0.05) is 84.4 Å². The van der Waals surface area contributed by atoms with E-state index in [1.807, 2.05) is 32.0 Å². The van der Waals surface area contributed by atoms with Crippen LogP contribution in [0.4, 0.5) is 53.6 Å². The summed E-state index contributed by atoms with van der Waals surface area (Å²) < 4.78 is 160. The number of benzene rings is 2. The van der Waals surface area contributed by atoms with Gasteiger partial charge in [0.1, 0.15) is 23.1 Å². The number of rotatable bonds is 15. The topological polar surface area (TPSA) is 206 Å². The van der Waals surface area contributed by atoms with Crippen molar-refractivity contribution in [2.45, 2.75) is 58.4 Å². The number of halogens is 7. The van der Waals surface area contributed by atoms with Gasteiger partial charge in [-0.05, 0) is 68.8 Å². The summed E-state index contributed by atoms with van der Waals surface area (Å²) in [6, 6.07) is 10.3. The second kappa shape index (κ2) is 22.1. The molecule has 398 valence electrons. The van der Waals surface area contributed by atoms with E-state index in [0.29, 0.717) is 86.8 Å². The number of hydrogen-bond acceptors (Lipinski definition) is 13. The number of hydrogen-bond donors (Lipinski definition) is 3. The van der Waals surface area contributed by atoms with Crippen molar-refractivity contribution in [1.82, 2.24) is 19.9 Å². The van der Waals surface area contributed by atoms with Crippen molar-refractivity contribution in [3.8, 4) is 11.1 Å². The fourth-order valence-corrected chi connectivity index (χ4v) is 11.0. The SMILES string of the molecule is CCCS(=O)(=O)Nc1ccc(F)c(C(=O)C2=CCc3ncc(N4CC(C)OC(C)C4)cc32)c1F.O=C(c1c(F)ccc(NS(=O)(=O)CCC(F)(F)F)c1F)c1c[nH]c2ncc(-c3ccc(N4CCOCC4)nc3)cc12. The van der Waals surface area contributed by atoms with Crippen LogP contribution in [-0.2, 0) is 35.9 Å². The molecule has 16 nitrogen and oxygen atoms in total. The van der Waals surface area contributed by atoms with E-state index in [9.17, 15) is 48.4 Å². The number of carbonyl (C=O) groups is 2. The van der Waals surface area contributed by atoms with Crippen molar-refractivity contribution in [2.24, 2.45) is 0 Å². The fraction of sp³-hybridized carbons (Fsp3) is 0.340. The summed E-state index contributed by atoms with van der Waals surface area (Å²) in [5.74, 6) is -7.96. The first-order valence-electron chi connectivity index (χ1n) is 23.5. The van der Waals surface area contributed by atoms with Crippen LogP contribution in [0, 0.1) is 23.3 Å². The third kappa shape index (κ3) is 12.6. The molecule has 4 aromatic heterocycles. The Hall–Kier alpha value is -6.96. The van der Waals surface area contributed by atoms with E-state index in [4.69, 9.17) is 9.47 Å². The smallest absolute Gasteiger partial charge is 0.378 e. The summed E-state index contributed by atoms with van der Waals surface area (Å²) in [7, 11) is -8.48. The number of nitrogens with one attached hydrogen (secondary N) is 3. The zero-order valence-corrected chi connectivity index (χ0v) is 42.0. The van der Waals surface area contributed by atoms with Gasteiger partial charge in [-0.3, -0.25) is 24.0 Å². The minimum atomic E-state index is -4.76. The van der Waals surface area contributed by atoms with Gasteiger partial charge in [-0.1, -0.05) is 13.0 Å². The number of ketones is 2. The molecular weight excluding hydrogens is 1040 g/mol. The number of aromatic nitrogens is 4. The van der Waals surface area contributed by atoms with Gasteiger partial charge in [-0.2, -0.15) is 13.2 Å². The van der Waals surface area contributed by atoms with E-state index in [2.05, 4.69) is 34.5 Å². The Morgan fingerprint density at radius 1 is 0.760 bits per heavy atom. The molecule has 2 aromatic carbocycles. The first-order valence-corrected chi connectivity index (χ1v) is 26.8. The molecule has 25 heteroatoms. The number of nitrogens with zero attached hydrogens (tertiary/aromatic N) is 5. The third-order valence-corrected chi connectivity index (χ3v) is 15.0. The molecule has 0 radical (unpaired) electrons. The summed E-state index contributed by atoms with van der Waals surface area (Å²) in [5.41, 5.74) is 0.242. The largest absolute Gasteiger partial charge is 0.390 e. The summed E-state index contributed by atoms with van der Waals surface area (Å²) >= 11 is 0. The predicted octanol–water partition coefficient (Wildman–Crippen LogP) is 8.61. The zero-order chi connectivity index (χ0) is 54.0. The molecule has 2 fully saturated rings. The molecule has 75 heavy (non-hydrogen) atoms. The average Bonchev–Trinajstić information content (AvgIpc) is 4.00. The molecule has 0 spiro atoms. The number of alkyl halides is 3. The normalized spacial score (nSPS) is 17.0. The van der Waals surface area contributed by atoms with Crippen molar-refractivity contribution >= 4 is 71.1 Å². The van der Waals surface area contributed by atoms with Crippen LogP contribution in [0.3, 0.4) is 0 Å². The molecule has 0 saturated carbocycles. The van der Waals surface area contributed by atoms with Crippen LogP contribution in [0.5, 0.6) is 0 Å². The van der Waals surface area contributed by atoms with Gasteiger partial charge < -0.3 is 24.3 Å². The van der Waals surface area contributed by atoms with Crippen LogP contribution in [0.25, 0.3) is 27.7 Å². The van der Waals surface area contributed by atoms with E-state index >= 15 is 8.78 Å². The van der Waals surface area contributed by atoms with Crippen molar-refractivity contribution in [2.75, 3.05) is 70.1 Å². The highest BCUT2D eigenvalue weighted by atomic mass is 32.2. The van der Waals surface area contributed by atoms with Gasteiger partial charge in [0.15, 0.2) is 17.4 Å². The molecule has 3 aliphatic rings. The Morgan fingerprint density at radius 3 is 1.97 bits per heavy atom. The number of carbonyl (C=O) groups excluding carboxylic acids is 2. The van der Waals surface area contributed by atoms with E-state index in [1.54, 1.807) is 36.2 Å². The number of allylic oxidation sites excluding steroid dienone is 2. The number of morpholine rings is 2. The molecule has 2 unspecified atom stereocenters. The Bertz CT molecular complexity index is 3400. The Morgan fingerprint density at radius 2 is 1.37 bits per heavy atom. The lowest BCUT2D eigenvalue weighted by Gasteiger charge is -2.36. The molecule has 2 atom stereocenters. The highest BCUT2D eigenvalue weighted by molar-refractivity contribution is 7.92. The van der Waals surface area contributed by atoms with Gasteiger partial charge in [0.05, 0.1) is 83.4 Å². The van der Waals surface area contributed by atoms with Gasteiger partial charge >= 0.3 is 6.18 Å². The molecule has 2 aliphatic heterocycles. The second-order valence-corrected chi connectivity index (χ2v) is 21.6. The van der Waals surface area contributed by atoms with Crippen LogP contribution in [0.15, 0.2) is 79.4 Å². The van der Waals surface area contributed by atoms with Crippen molar-refractivity contribution in [1.29, 1.82) is 0 Å². The predicted molar refractivity (Wildman–Crippen MR) is 267 cm³/mol. The van der Waals surface area contributed by atoms with E-state index in [1.165, 1.54) is 12.4 Å². The molecule has 2 saturated heterocycles. The Balaban J connectivity index is 0.000000203. The standard InChI is InChI=1S/C26H22F5N5O4S.C24H27F2N3O4S/c27-19-2-3-20(35-41(38,39)10-5-26(29,30)31)23(28)22(19)24(37)18-14-34-25-17(18)11-16(13-33-25)15-1-4-21(32-12-15)36-6-8-40-9-7-36;1-4-9-34(31,32)28-21-8-6-19(25)22(23(21)26)24(30)17-5-7-20-18(17)10-16(11-27-20)29-12-14(2)33-15(3)13-29/h1-4,11-14,35H,5-10H2,(H,33,34);5-6,8,10-11,14-15,28H,4,7,9,12-13H2,1-3H3. The number of Topliss-reactive ketones (excluding diaryl/α,β-unsaturated/α-hetero) is 1. The lowest BCUT2D eigenvalue weighted by Crippen LogP contribution is -2.45. The zero-order valence-electron chi connectivity index (χ0n) is 40.4. The number of aromatic amines is 1. The maximum Gasteiger partial charge on any atom is 0.390 e. The van der Waals surface area contributed by atoms with E-state index in [-0.39, 0.29) is 40.1 Å². The summed E-state index contributed by atoms with van der Waals surface area (Å²) in [4.78, 5) is 46.8. The first kappa shape index (κ1) is 54.3. The quantitative estimate of drug-likeness (QED) is 0.0652. The maximum atomic E-state index is 15.3. The number of pyridine rings is 3.